The minimum absolute atomic E-state index is 0.226. The quantitative estimate of drug-likeness (QED) is 0.464. The van der Waals surface area contributed by atoms with Crippen LogP contribution in [-0.4, -0.2) is 23.2 Å². The van der Waals surface area contributed by atoms with Gasteiger partial charge in [0.25, 0.3) is 0 Å². The van der Waals surface area contributed by atoms with Gasteiger partial charge in [0.2, 0.25) is 0 Å². The van der Waals surface area contributed by atoms with Crippen molar-refractivity contribution in [2.24, 2.45) is 0 Å². The number of anilines is 1. The lowest BCUT2D eigenvalue weighted by Gasteiger charge is -2.25. The normalized spacial score (nSPS) is 14.6. The molecule has 0 unspecified atom stereocenters. The number of benzene rings is 2. The fourth-order valence-electron chi connectivity index (χ4n) is 4.08. The Labute approximate surface area is 196 Å². The SMILES string of the molecule is CC(C)(C)OC(=O)N1CC(C)(C)c2ncc(Cc3cccc(OCc4ccccc4)c3)cc21. The molecule has 3 aromatic rings. The summed E-state index contributed by atoms with van der Waals surface area (Å²) in [5.74, 6) is 0.835. The summed E-state index contributed by atoms with van der Waals surface area (Å²) in [5, 5.41) is 0. The second kappa shape index (κ2) is 8.89. The van der Waals surface area contributed by atoms with Crippen LogP contribution in [0.5, 0.6) is 5.75 Å². The average Bonchev–Trinajstić information content (AvgIpc) is 3.03. The van der Waals surface area contributed by atoms with Crippen molar-refractivity contribution in [3.8, 4) is 5.75 Å². The molecule has 0 fully saturated rings. The first kappa shape index (κ1) is 22.8. The van der Waals surface area contributed by atoms with Crippen LogP contribution >= 0.6 is 0 Å². The van der Waals surface area contributed by atoms with E-state index < -0.39 is 5.60 Å². The van der Waals surface area contributed by atoms with E-state index in [1.807, 2.05) is 57.3 Å². The van der Waals surface area contributed by atoms with Crippen LogP contribution < -0.4 is 9.64 Å². The topological polar surface area (TPSA) is 51.7 Å². The van der Waals surface area contributed by atoms with Crippen molar-refractivity contribution in [1.29, 1.82) is 0 Å². The Balaban J connectivity index is 1.52. The van der Waals surface area contributed by atoms with Gasteiger partial charge in [-0.25, -0.2) is 4.79 Å². The Hall–Kier alpha value is -3.34. The third-order valence-corrected chi connectivity index (χ3v) is 5.58. The van der Waals surface area contributed by atoms with Crippen molar-refractivity contribution in [3.05, 3.63) is 89.2 Å². The van der Waals surface area contributed by atoms with Gasteiger partial charge in [-0.15, -0.1) is 0 Å². The minimum atomic E-state index is -0.546. The number of hydrogen-bond donors (Lipinski definition) is 0. The molecule has 1 aliphatic rings. The van der Waals surface area contributed by atoms with Gasteiger partial charge < -0.3 is 9.47 Å². The lowest BCUT2D eigenvalue weighted by atomic mass is 9.91. The molecule has 1 amide bonds. The van der Waals surface area contributed by atoms with Gasteiger partial charge in [0, 0.05) is 18.2 Å². The summed E-state index contributed by atoms with van der Waals surface area (Å²) in [6, 6.07) is 20.3. The molecule has 4 rings (SSSR count). The lowest BCUT2D eigenvalue weighted by molar-refractivity contribution is 0.0579. The Morgan fingerprint density at radius 2 is 1.73 bits per heavy atom. The van der Waals surface area contributed by atoms with Gasteiger partial charge in [-0.05, 0) is 62.1 Å². The van der Waals surface area contributed by atoms with Gasteiger partial charge in [0.1, 0.15) is 18.0 Å². The zero-order valence-corrected chi connectivity index (χ0v) is 20.1. The van der Waals surface area contributed by atoms with Crippen molar-refractivity contribution in [2.75, 3.05) is 11.4 Å². The van der Waals surface area contributed by atoms with E-state index in [0.29, 0.717) is 19.6 Å². The van der Waals surface area contributed by atoms with Crippen LogP contribution in [0.4, 0.5) is 10.5 Å². The second-order valence-corrected chi connectivity index (χ2v) is 10.3. The molecule has 5 nitrogen and oxygen atoms in total. The Kier molecular flexibility index (Phi) is 6.15. The largest absolute Gasteiger partial charge is 0.489 e. The minimum Gasteiger partial charge on any atom is -0.489 e. The first-order valence-corrected chi connectivity index (χ1v) is 11.4. The molecule has 33 heavy (non-hydrogen) atoms. The molecule has 172 valence electrons. The molecule has 0 saturated heterocycles. The Morgan fingerprint density at radius 3 is 2.45 bits per heavy atom. The van der Waals surface area contributed by atoms with Crippen LogP contribution in [0.3, 0.4) is 0 Å². The molecule has 2 aromatic carbocycles. The molecule has 0 aliphatic carbocycles. The molecule has 0 bridgehead atoms. The maximum atomic E-state index is 12.9. The molecule has 0 radical (unpaired) electrons. The molecule has 1 aromatic heterocycles. The van der Waals surface area contributed by atoms with Crippen LogP contribution in [-0.2, 0) is 23.2 Å². The van der Waals surface area contributed by atoms with E-state index >= 15 is 0 Å². The van der Waals surface area contributed by atoms with Crippen LogP contribution in [0, 0.1) is 0 Å². The first-order chi connectivity index (χ1) is 15.6. The Morgan fingerprint density at radius 1 is 1.00 bits per heavy atom. The van der Waals surface area contributed by atoms with Crippen LogP contribution in [0.2, 0.25) is 0 Å². The average molecular weight is 445 g/mol. The smallest absolute Gasteiger partial charge is 0.414 e. The maximum absolute atomic E-state index is 12.9. The van der Waals surface area contributed by atoms with Gasteiger partial charge in [-0.1, -0.05) is 56.3 Å². The molecule has 0 spiro atoms. The van der Waals surface area contributed by atoms with E-state index in [9.17, 15) is 4.79 Å². The summed E-state index contributed by atoms with van der Waals surface area (Å²) >= 11 is 0. The number of carbonyl (C=O) groups is 1. The van der Waals surface area contributed by atoms with E-state index in [-0.39, 0.29) is 11.5 Å². The summed E-state index contributed by atoms with van der Waals surface area (Å²) in [4.78, 5) is 19.3. The molecule has 0 N–H and O–H groups in total. The predicted octanol–water partition coefficient (Wildman–Crippen LogP) is 6.28. The fourth-order valence-corrected chi connectivity index (χ4v) is 4.08. The van der Waals surface area contributed by atoms with E-state index in [0.717, 1.165) is 33.8 Å². The highest BCUT2D eigenvalue weighted by Crippen LogP contribution is 2.40. The monoisotopic (exact) mass is 444 g/mol. The molecule has 2 heterocycles. The number of aromatic nitrogens is 1. The zero-order valence-electron chi connectivity index (χ0n) is 20.1. The first-order valence-electron chi connectivity index (χ1n) is 11.4. The van der Waals surface area contributed by atoms with Gasteiger partial charge in [0.15, 0.2) is 0 Å². The highest BCUT2D eigenvalue weighted by molar-refractivity contribution is 5.91. The van der Waals surface area contributed by atoms with E-state index in [4.69, 9.17) is 14.5 Å². The summed E-state index contributed by atoms with van der Waals surface area (Å²) in [7, 11) is 0. The van der Waals surface area contributed by atoms with Crippen molar-refractivity contribution in [3.63, 3.8) is 0 Å². The molecular formula is C28H32N2O3. The summed E-state index contributed by atoms with van der Waals surface area (Å²) < 4.78 is 11.6. The van der Waals surface area contributed by atoms with Crippen molar-refractivity contribution < 1.29 is 14.3 Å². The standard InChI is InChI=1S/C28H32N2O3/c1-27(2,3)33-26(31)30-19-28(4,5)25-24(30)16-22(17-29-25)14-21-12-9-13-23(15-21)32-18-20-10-7-6-8-11-20/h6-13,15-17H,14,18-19H2,1-5H3. The highest BCUT2D eigenvalue weighted by Gasteiger charge is 2.41. The van der Waals surface area contributed by atoms with E-state index in [1.165, 1.54) is 0 Å². The number of carbonyl (C=O) groups excluding carboxylic acids is 1. The molecule has 0 atom stereocenters. The number of amides is 1. The lowest BCUT2D eigenvalue weighted by Crippen LogP contribution is -2.38. The van der Waals surface area contributed by atoms with Crippen LogP contribution in [0.15, 0.2) is 66.9 Å². The van der Waals surface area contributed by atoms with Crippen LogP contribution in [0.25, 0.3) is 0 Å². The third kappa shape index (κ3) is 5.54. The van der Waals surface area contributed by atoms with E-state index in [1.54, 1.807) is 4.90 Å². The van der Waals surface area contributed by atoms with Crippen LogP contribution in [0.1, 0.15) is 57.0 Å². The number of fused-ring (bicyclic) bond motifs is 1. The molecule has 0 saturated carbocycles. The van der Waals surface area contributed by atoms with Gasteiger partial charge in [-0.2, -0.15) is 0 Å². The summed E-state index contributed by atoms with van der Waals surface area (Å²) in [6.45, 7) is 11.0. The number of rotatable bonds is 5. The fraction of sp³-hybridized carbons (Fsp3) is 0.357. The molecule has 5 heteroatoms. The van der Waals surface area contributed by atoms with Crippen molar-refractivity contribution >= 4 is 11.8 Å². The van der Waals surface area contributed by atoms with E-state index in [2.05, 4.69) is 44.2 Å². The summed E-state index contributed by atoms with van der Waals surface area (Å²) in [6.07, 6.45) is 2.28. The molecule has 1 aliphatic heterocycles. The number of hydrogen-bond acceptors (Lipinski definition) is 4. The zero-order chi connectivity index (χ0) is 23.6. The number of nitrogens with zero attached hydrogens (tertiary/aromatic N) is 2. The second-order valence-electron chi connectivity index (χ2n) is 10.3. The van der Waals surface area contributed by atoms with Crippen molar-refractivity contribution in [2.45, 2.75) is 58.7 Å². The molecular weight excluding hydrogens is 412 g/mol. The number of ether oxygens (including phenoxy) is 2. The van der Waals surface area contributed by atoms with Crippen molar-refractivity contribution in [1.82, 2.24) is 4.98 Å². The van der Waals surface area contributed by atoms with Gasteiger partial charge in [0.05, 0.1) is 11.4 Å². The van der Waals surface area contributed by atoms with Gasteiger partial charge in [-0.3, -0.25) is 9.88 Å². The predicted molar refractivity (Wildman–Crippen MR) is 131 cm³/mol. The Bertz CT molecular complexity index is 1130. The highest BCUT2D eigenvalue weighted by atomic mass is 16.6. The summed E-state index contributed by atoms with van der Waals surface area (Å²) in [5.41, 5.74) is 4.30. The maximum Gasteiger partial charge on any atom is 0.414 e. The third-order valence-electron chi connectivity index (χ3n) is 5.58. The number of pyridine rings is 1. The van der Waals surface area contributed by atoms with Gasteiger partial charge >= 0.3 is 6.09 Å².